The minimum Gasteiger partial charge on any atom is -0.435 e. The van der Waals surface area contributed by atoms with Gasteiger partial charge in [0, 0.05) is 34.7 Å². The molecule has 2 aliphatic rings. The molecule has 1 fully saturated rings. The SMILES string of the molecule is C[C@@H](C(F)F)n1nc(-c2cc(OC(F)F)ccc2F)c2c1C[C@H](C(=O)NC1(C)CCS(=O)(=O)CC1)CC2. The van der Waals surface area contributed by atoms with E-state index in [9.17, 15) is 35.2 Å². The Labute approximate surface area is 211 Å². The number of halogens is 5. The molecule has 1 aliphatic carbocycles. The lowest BCUT2D eigenvalue weighted by molar-refractivity contribution is -0.127. The fourth-order valence-electron chi connectivity index (χ4n) is 4.90. The lowest BCUT2D eigenvalue weighted by Gasteiger charge is -2.36. The van der Waals surface area contributed by atoms with Crippen LogP contribution in [0.5, 0.6) is 5.75 Å². The molecule has 204 valence electrons. The van der Waals surface area contributed by atoms with E-state index < -0.39 is 46.2 Å². The monoisotopic (exact) mass is 549 g/mol. The van der Waals surface area contributed by atoms with Crippen LogP contribution in [0.15, 0.2) is 18.2 Å². The zero-order chi connectivity index (χ0) is 27.1. The van der Waals surface area contributed by atoms with E-state index in [0.717, 1.165) is 22.9 Å². The average molecular weight is 550 g/mol. The minimum atomic E-state index is -3.13. The average Bonchev–Trinajstić information content (AvgIpc) is 3.20. The lowest BCUT2D eigenvalue weighted by Crippen LogP contribution is -2.53. The number of benzene rings is 1. The van der Waals surface area contributed by atoms with Crippen LogP contribution in [0, 0.1) is 11.7 Å². The number of fused-ring (bicyclic) bond motifs is 1. The van der Waals surface area contributed by atoms with E-state index in [0.29, 0.717) is 17.7 Å². The molecule has 0 unspecified atom stereocenters. The second-order valence-electron chi connectivity index (χ2n) is 9.96. The number of aromatic nitrogens is 2. The first-order chi connectivity index (χ1) is 17.3. The number of amides is 1. The van der Waals surface area contributed by atoms with Crippen LogP contribution in [0.2, 0.25) is 0 Å². The van der Waals surface area contributed by atoms with E-state index in [4.69, 9.17) is 0 Å². The van der Waals surface area contributed by atoms with Crippen molar-refractivity contribution in [2.75, 3.05) is 11.5 Å². The summed E-state index contributed by atoms with van der Waals surface area (Å²) in [7, 11) is -3.13. The number of rotatable bonds is 7. The molecule has 1 aromatic heterocycles. The summed E-state index contributed by atoms with van der Waals surface area (Å²) in [5, 5.41) is 7.21. The van der Waals surface area contributed by atoms with Crippen LogP contribution in [-0.4, -0.2) is 54.2 Å². The van der Waals surface area contributed by atoms with E-state index in [1.54, 1.807) is 6.92 Å². The molecule has 2 aromatic rings. The van der Waals surface area contributed by atoms with Crippen LogP contribution in [0.4, 0.5) is 22.0 Å². The highest BCUT2D eigenvalue weighted by Crippen LogP contribution is 2.38. The number of nitrogens with one attached hydrogen (secondary N) is 1. The maximum absolute atomic E-state index is 14.7. The molecule has 1 N–H and O–H groups in total. The Morgan fingerprint density at radius 3 is 2.51 bits per heavy atom. The molecule has 1 amide bonds. The van der Waals surface area contributed by atoms with Crippen molar-refractivity contribution in [2.45, 2.75) is 70.6 Å². The zero-order valence-electron chi connectivity index (χ0n) is 20.3. The third kappa shape index (κ3) is 5.91. The highest BCUT2D eigenvalue weighted by atomic mass is 32.2. The van der Waals surface area contributed by atoms with Gasteiger partial charge in [0.15, 0.2) is 0 Å². The maximum atomic E-state index is 14.7. The molecule has 1 saturated heterocycles. The smallest absolute Gasteiger partial charge is 0.387 e. The summed E-state index contributed by atoms with van der Waals surface area (Å²) in [6, 6.07) is 1.65. The molecule has 2 heterocycles. The lowest BCUT2D eigenvalue weighted by atomic mass is 9.84. The molecular weight excluding hydrogens is 521 g/mol. The van der Waals surface area contributed by atoms with Gasteiger partial charge < -0.3 is 10.1 Å². The number of nitrogens with zero attached hydrogens (tertiary/aromatic N) is 2. The number of hydrogen-bond acceptors (Lipinski definition) is 5. The summed E-state index contributed by atoms with van der Waals surface area (Å²) < 4.78 is 96.5. The first-order valence-electron chi connectivity index (χ1n) is 11.9. The summed E-state index contributed by atoms with van der Waals surface area (Å²) in [6.07, 6.45) is -1.63. The quantitative estimate of drug-likeness (QED) is 0.520. The van der Waals surface area contributed by atoms with Gasteiger partial charge in [-0.05, 0) is 57.7 Å². The van der Waals surface area contributed by atoms with Gasteiger partial charge in [-0.2, -0.15) is 13.9 Å². The molecule has 37 heavy (non-hydrogen) atoms. The molecule has 0 bridgehead atoms. The first kappa shape index (κ1) is 27.3. The van der Waals surface area contributed by atoms with Gasteiger partial charge in [-0.3, -0.25) is 9.48 Å². The Kier molecular flexibility index (Phi) is 7.55. The summed E-state index contributed by atoms with van der Waals surface area (Å²) in [6.45, 7) is -0.0949. The fourth-order valence-corrected chi connectivity index (χ4v) is 6.62. The van der Waals surface area contributed by atoms with E-state index in [-0.39, 0.29) is 60.1 Å². The molecule has 4 rings (SSSR count). The normalized spacial score (nSPS) is 21.5. The standard InChI is InChI=1S/C24H28F5N3O4S/c1-13(21(26)27)32-19-11-14(22(33)30-24(2)7-9-37(34,35)10-8-24)3-5-16(19)20(31-32)17-12-15(36-23(28)29)4-6-18(17)25/h4,6,12-14,21,23H,3,5,7-11H2,1-2H3,(H,30,33)/t13-,14+/m0/s1. The number of ether oxygens (including phenoxy) is 1. The van der Waals surface area contributed by atoms with Crippen molar-refractivity contribution in [1.82, 2.24) is 15.1 Å². The van der Waals surface area contributed by atoms with Gasteiger partial charge in [-0.25, -0.2) is 21.6 Å². The van der Waals surface area contributed by atoms with E-state index >= 15 is 0 Å². The van der Waals surface area contributed by atoms with Crippen molar-refractivity contribution in [2.24, 2.45) is 5.92 Å². The zero-order valence-corrected chi connectivity index (χ0v) is 21.1. The molecule has 0 radical (unpaired) electrons. The largest absolute Gasteiger partial charge is 0.435 e. The van der Waals surface area contributed by atoms with Crippen LogP contribution >= 0.6 is 0 Å². The summed E-state index contributed by atoms with van der Waals surface area (Å²) in [4.78, 5) is 13.2. The van der Waals surface area contributed by atoms with Gasteiger partial charge in [0.05, 0.1) is 17.2 Å². The van der Waals surface area contributed by atoms with Crippen LogP contribution in [0.1, 0.15) is 50.4 Å². The van der Waals surface area contributed by atoms with Crippen LogP contribution in [0.25, 0.3) is 11.3 Å². The molecule has 13 heteroatoms. The number of carbonyl (C=O) groups excluding carboxylic acids is 1. The minimum absolute atomic E-state index is 0.0273. The molecule has 1 aliphatic heterocycles. The predicted molar refractivity (Wildman–Crippen MR) is 125 cm³/mol. The molecule has 0 saturated carbocycles. The number of hydrogen-bond donors (Lipinski definition) is 1. The van der Waals surface area contributed by atoms with Gasteiger partial charge in [0.2, 0.25) is 5.91 Å². The van der Waals surface area contributed by atoms with Gasteiger partial charge in [-0.1, -0.05) is 0 Å². The van der Waals surface area contributed by atoms with Crippen molar-refractivity contribution >= 4 is 15.7 Å². The Morgan fingerprint density at radius 1 is 1.22 bits per heavy atom. The second kappa shape index (κ2) is 10.2. The molecule has 2 atom stereocenters. The third-order valence-electron chi connectivity index (χ3n) is 7.20. The van der Waals surface area contributed by atoms with Crippen molar-refractivity contribution in [3.8, 4) is 17.0 Å². The highest BCUT2D eigenvalue weighted by Gasteiger charge is 2.38. The Hall–Kier alpha value is -2.70. The summed E-state index contributed by atoms with van der Waals surface area (Å²) in [5.74, 6) is -2.04. The van der Waals surface area contributed by atoms with E-state index in [1.165, 1.54) is 6.92 Å². The van der Waals surface area contributed by atoms with Gasteiger partial charge >= 0.3 is 6.61 Å². The number of alkyl halides is 4. The number of sulfone groups is 1. The Balaban J connectivity index is 1.64. The highest BCUT2D eigenvalue weighted by molar-refractivity contribution is 7.91. The molecule has 7 nitrogen and oxygen atoms in total. The van der Waals surface area contributed by atoms with Crippen LogP contribution in [0.3, 0.4) is 0 Å². The molecule has 0 spiro atoms. The molecular formula is C24H28F5N3O4S. The van der Waals surface area contributed by atoms with Crippen molar-refractivity contribution in [3.05, 3.63) is 35.3 Å². The van der Waals surface area contributed by atoms with Crippen LogP contribution < -0.4 is 10.1 Å². The van der Waals surface area contributed by atoms with Gasteiger partial charge in [0.25, 0.3) is 6.43 Å². The van der Waals surface area contributed by atoms with E-state index in [1.807, 2.05) is 0 Å². The number of carbonyl (C=O) groups is 1. The molecule has 1 aromatic carbocycles. The predicted octanol–water partition coefficient (Wildman–Crippen LogP) is 4.31. The summed E-state index contributed by atoms with van der Waals surface area (Å²) >= 11 is 0. The fraction of sp³-hybridized carbons (Fsp3) is 0.583. The second-order valence-corrected chi connectivity index (χ2v) is 12.3. The van der Waals surface area contributed by atoms with Crippen molar-refractivity contribution < 1.29 is 39.9 Å². The third-order valence-corrected chi connectivity index (χ3v) is 8.85. The Bertz CT molecular complexity index is 1270. The van der Waals surface area contributed by atoms with Crippen molar-refractivity contribution in [1.29, 1.82) is 0 Å². The van der Waals surface area contributed by atoms with Gasteiger partial charge in [-0.15, -0.1) is 0 Å². The Morgan fingerprint density at radius 2 is 1.89 bits per heavy atom. The summed E-state index contributed by atoms with van der Waals surface area (Å²) in [5.41, 5.74) is 0.0137. The topological polar surface area (TPSA) is 90.3 Å². The van der Waals surface area contributed by atoms with Crippen LogP contribution in [-0.2, 0) is 27.5 Å². The van der Waals surface area contributed by atoms with Crippen molar-refractivity contribution in [3.63, 3.8) is 0 Å². The maximum Gasteiger partial charge on any atom is 0.387 e. The van der Waals surface area contributed by atoms with E-state index in [2.05, 4.69) is 15.2 Å². The first-order valence-corrected chi connectivity index (χ1v) is 13.8. The van der Waals surface area contributed by atoms with Gasteiger partial charge in [0.1, 0.15) is 27.4 Å².